The number of alkyl halides is 4. The molecule has 168 valence electrons. The van der Waals surface area contributed by atoms with Gasteiger partial charge in [-0.2, -0.15) is 0 Å². The Morgan fingerprint density at radius 2 is 1.48 bits per heavy atom. The minimum Gasteiger partial charge on any atom is -0.399 e. The highest BCUT2D eigenvalue weighted by molar-refractivity contribution is 5.65. The minimum atomic E-state index is -5.17. The van der Waals surface area contributed by atoms with E-state index in [4.69, 9.17) is 0 Å². The normalized spacial score (nSPS) is 19.7. The van der Waals surface area contributed by atoms with Crippen molar-refractivity contribution < 1.29 is 31.1 Å². The third-order valence-corrected chi connectivity index (χ3v) is 5.78. The zero-order valence-corrected chi connectivity index (χ0v) is 16.9. The van der Waals surface area contributed by atoms with Gasteiger partial charge < -0.3 is 4.74 Å². The predicted octanol–water partition coefficient (Wildman–Crippen LogP) is 8.11. The van der Waals surface area contributed by atoms with E-state index in [1.54, 1.807) is 18.2 Å². The number of hydrogen-bond donors (Lipinski definition) is 0. The van der Waals surface area contributed by atoms with Crippen LogP contribution in [0.5, 0.6) is 5.75 Å². The molecule has 2 aromatic carbocycles. The van der Waals surface area contributed by atoms with Crippen molar-refractivity contribution in [3.8, 4) is 16.9 Å². The van der Waals surface area contributed by atoms with Crippen molar-refractivity contribution in [1.29, 1.82) is 0 Å². The number of ether oxygens (including phenoxy) is 1. The Balaban J connectivity index is 1.63. The molecule has 7 heteroatoms. The van der Waals surface area contributed by atoms with Crippen LogP contribution < -0.4 is 4.74 Å². The lowest BCUT2D eigenvalue weighted by Gasteiger charge is -2.28. The first-order valence-corrected chi connectivity index (χ1v) is 10.3. The molecule has 0 amide bonds. The van der Waals surface area contributed by atoms with Crippen molar-refractivity contribution >= 4 is 0 Å². The maximum Gasteiger partial charge on any atom is 0.573 e. The number of halogens is 6. The predicted molar refractivity (Wildman–Crippen MR) is 108 cm³/mol. The van der Waals surface area contributed by atoms with Crippen LogP contribution >= 0.6 is 0 Å². The summed E-state index contributed by atoms with van der Waals surface area (Å²) < 4.78 is 80.3. The quantitative estimate of drug-likeness (QED) is 0.311. The molecule has 1 saturated carbocycles. The van der Waals surface area contributed by atoms with Crippen molar-refractivity contribution in [1.82, 2.24) is 0 Å². The first-order chi connectivity index (χ1) is 14.8. The fraction of sp³-hybridized carbons (Fsp3) is 0.417. The Morgan fingerprint density at radius 3 is 2.03 bits per heavy atom. The number of hydrogen-bond acceptors (Lipinski definition) is 1. The molecule has 0 aliphatic heterocycles. The highest BCUT2D eigenvalue weighted by atomic mass is 19.4. The average molecular weight is 442 g/mol. The van der Waals surface area contributed by atoms with Crippen LogP contribution in [-0.2, 0) is 0 Å². The van der Waals surface area contributed by atoms with E-state index in [1.165, 1.54) is 0 Å². The summed E-state index contributed by atoms with van der Waals surface area (Å²) in [5.74, 6) is -3.22. The molecule has 3 rings (SSSR count). The zero-order chi connectivity index (χ0) is 22.4. The summed E-state index contributed by atoms with van der Waals surface area (Å²) in [4.78, 5) is 0. The van der Waals surface area contributed by atoms with Gasteiger partial charge in [-0.05, 0) is 79.2 Å². The summed E-state index contributed by atoms with van der Waals surface area (Å²) in [7, 11) is 0. The lowest BCUT2D eigenvalue weighted by molar-refractivity contribution is -0.276. The summed E-state index contributed by atoms with van der Waals surface area (Å²) in [6.07, 6.45) is 4.52. The molecule has 0 spiro atoms. The molecule has 0 radical (unpaired) electrons. The molecule has 0 saturated heterocycles. The first-order valence-electron chi connectivity index (χ1n) is 10.3. The van der Waals surface area contributed by atoms with Crippen molar-refractivity contribution in [2.45, 2.75) is 50.8 Å². The summed E-state index contributed by atoms with van der Waals surface area (Å²) in [5, 5.41) is 0. The Morgan fingerprint density at radius 1 is 0.871 bits per heavy atom. The van der Waals surface area contributed by atoms with Gasteiger partial charge in [0.15, 0.2) is 11.6 Å². The van der Waals surface area contributed by atoms with Crippen molar-refractivity contribution in [2.75, 3.05) is 6.67 Å². The van der Waals surface area contributed by atoms with Crippen molar-refractivity contribution in [2.24, 2.45) is 5.92 Å². The van der Waals surface area contributed by atoms with Gasteiger partial charge in [0.05, 0.1) is 0 Å². The molecule has 1 aliphatic rings. The van der Waals surface area contributed by atoms with E-state index in [1.807, 2.05) is 18.2 Å². The smallest absolute Gasteiger partial charge is 0.399 e. The molecule has 0 N–H and O–H groups in total. The molecule has 0 unspecified atom stereocenters. The minimum absolute atomic E-state index is 0.140. The van der Waals surface area contributed by atoms with Crippen LogP contribution in [0.25, 0.3) is 11.1 Å². The average Bonchev–Trinajstić information content (AvgIpc) is 2.74. The SMILES string of the molecule is FC/C=C/CC[C@H]1CC[C@H](c2ccc(-c3cc(F)c(OC(F)(F)F)c(F)c3)cc2)CC1. The third-order valence-electron chi connectivity index (χ3n) is 5.78. The van der Waals surface area contributed by atoms with Crippen LogP contribution in [0.3, 0.4) is 0 Å². The van der Waals surface area contributed by atoms with E-state index in [9.17, 15) is 26.3 Å². The fourth-order valence-corrected chi connectivity index (χ4v) is 4.18. The van der Waals surface area contributed by atoms with E-state index in [0.29, 0.717) is 17.4 Å². The second-order valence-electron chi connectivity index (χ2n) is 7.86. The summed E-state index contributed by atoms with van der Waals surface area (Å²) >= 11 is 0. The van der Waals surface area contributed by atoms with Crippen LogP contribution in [0.4, 0.5) is 26.3 Å². The number of benzene rings is 2. The zero-order valence-electron chi connectivity index (χ0n) is 16.9. The van der Waals surface area contributed by atoms with Gasteiger partial charge >= 0.3 is 6.36 Å². The fourth-order valence-electron chi connectivity index (χ4n) is 4.18. The summed E-state index contributed by atoms with van der Waals surface area (Å²) in [6.45, 7) is -0.423. The lowest BCUT2D eigenvalue weighted by Crippen LogP contribution is -2.19. The van der Waals surface area contributed by atoms with Gasteiger partial charge in [-0.25, -0.2) is 13.2 Å². The molecular weight excluding hydrogens is 418 g/mol. The van der Waals surface area contributed by atoms with Crippen LogP contribution in [0, 0.1) is 17.6 Å². The third kappa shape index (κ3) is 6.52. The topological polar surface area (TPSA) is 9.23 Å². The van der Waals surface area contributed by atoms with Gasteiger partial charge in [-0.15, -0.1) is 13.2 Å². The Bertz CT molecular complexity index is 857. The molecule has 0 heterocycles. The van der Waals surface area contributed by atoms with E-state index in [-0.39, 0.29) is 5.56 Å². The maximum absolute atomic E-state index is 14.0. The van der Waals surface area contributed by atoms with Crippen molar-refractivity contribution in [3.63, 3.8) is 0 Å². The summed E-state index contributed by atoms with van der Waals surface area (Å²) in [6, 6.07) is 8.92. The van der Waals surface area contributed by atoms with Crippen LogP contribution in [-0.4, -0.2) is 13.0 Å². The lowest BCUT2D eigenvalue weighted by atomic mass is 9.77. The van der Waals surface area contributed by atoms with E-state index >= 15 is 0 Å². The van der Waals surface area contributed by atoms with Crippen molar-refractivity contribution in [3.05, 3.63) is 65.7 Å². The number of rotatable bonds is 7. The van der Waals surface area contributed by atoms with Gasteiger partial charge in [0.1, 0.15) is 6.67 Å². The molecule has 0 atom stereocenters. The van der Waals surface area contributed by atoms with Crippen LogP contribution in [0.2, 0.25) is 0 Å². The Hall–Kier alpha value is -2.44. The van der Waals surface area contributed by atoms with Gasteiger partial charge in [0.25, 0.3) is 0 Å². The molecule has 0 aromatic heterocycles. The molecular formula is C24H24F6O. The maximum atomic E-state index is 14.0. The highest BCUT2D eigenvalue weighted by Gasteiger charge is 2.34. The van der Waals surface area contributed by atoms with E-state index in [0.717, 1.165) is 56.2 Å². The molecule has 1 fully saturated rings. The molecule has 0 bridgehead atoms. The molecule has 1 nitrogen and oxygen atoms in total. The molecule has 2 aromatic rings. The second kappa shape index (κ2) is 10.2. The van der Waals surface area contributed by atoms with E-state index < -0.39 is 30.4 Å². The van der Waals surface area contributed by atoms with E-state index in [2.05, 4.69) is 4.74 Å². The summed E-state index contributed by atoms with van der Waals surface area (Å²) in [5.41, 5.74) is 1.78. The monoisotopic (exact) mass is 442 g/mol. The van der Waals surface area contributed by atoms with Crippen LogP contribution in [0.1, 0.15) is 50.0 Å². The van der Waals surface area contributed by atoms with Crippen LogP contribution in [0.15, 0.2) is 48.6 Å². The number of allylic oxidation sites excluding steroid dienone is 2. The first kappa shape index (κ1) is 23.2. The Labute approximate surface area is 177 Å². The Kier molecular flexibility index (Phi) is 7.68. The molecule has 31 heavy (non-hydrogen) atoms. The van der Waals surface area contributed by atoms with Gasteiger partial charge in [-0.1, -0.05) is 36.4 Å². The largest absolute Gasteiger partial charge is 0.573 e. The second-order valence-corrected chi connectivity index (χ2v) is 7.86. The van der Waals surface area contributed by atoms with Gasteiger partial charge in [0, 0.05) is 0 Å². The van der Waals surface area contributed by atoms with Gasteiger partial charge in [-0.3, -0.25) is 0 Å². The highest BCUT2D eigenvalue weighted by Crippen LogP contribution is 2.38. The molecule has 1 aliphatic carbocycles. The standard InChI is InChI=1S/C24H24F6O/c25-13-3-1-2-4-16-5-7-17(8-6-16)18-9-11-19(12-10-18)20-14-21(26)23(22(27)15-20)31-24(28,29)30/h1,3,9-12,14-17H,2,4-8,13H2/b3-1+/t16-,17-. The van der Waals surface area contributed by atoms with Gasteiger partial charge in [0.2, 0.25) is 5.75 Å².